The first-order valence-electron chi connectivity index (χ1n) is 6.97. The minimum absolute atomic E-state index is 0.0859. The van der Waals surface area contributed by atoms with Gasteiger partial charge in [-0.1, -0.05) is 20.8 Å². The molecule has 20 heavy (non-hydrogen) atoms. The summed E-state index contributed by atoms with van der Waals surface area (Å²) in [6.07, 6.45) is 5.24. The highest BCUT2D eigenvalue weighted by atomic mass is 16.6. The lowest BCUT2D eigenvalue weighted by atomic mass is 9.74. The summed E-state index contributed by atoms with van der Waals surface area (Å²) in [5.41, 5.74) is 0.415. The Bertz CT molecular complexity index is 512. The second kappa shape index (κ2) is 5.65. The number of hydrogen-bond donors (Lipinski definition) is 0. The van der Waals surface area contributed by atoms with Gasteiger partial charge in [0.2, 0.25) is 0 Å². The molecule has 1 aliphatic carbocycles. The summed E-state index contributed by atoms with van der Waals surface area (Å²) in [6.45, 7) is 6.81. The maximum Gasteiger partial charge on any atom is 0.269 e. The van der Waals surface area contributed by atoms with Crippen LogP contribution in [0, 0.1) is 21.4 Å². The van der Waals surface area contributed by atoms with Gasteiger partial charge in [-0.3, -0.25) is 10.1 Å². The number of nitrogens with zero attached hydrogens (tertiary/aromatic N) is 1. The van der Waals surface area contributed by atoms with E-state index in [2.05, 4.69) is 26.8 Å². The van der Waals surface area contributed by atoms with Gasteiger partial charge in [0.05, 0.1) is 4.92 Å². The average Bonchev–Trinajstić information content (AvgIpc) is 2.39. The lowest BCUT2D eigenvalue weighted by molar-refractivity contribution is -0.384. The molecule has 0 N–H and O–H groups in total. The molecule has 0 amide bonds. The monoisotopic (exact) mass is 275 g/mol. The van der Waals surface area contributed by atoms with E-state index < -0.39 is 4.92 Å². The molecule has 4 heteroatoms. The minimum atomic E-state index is -0.405. The Balaban J connectivity index is 1.98. The van der Waals surface area contributed by atoms with E-state index in [0.29, 0.717) is 17.1 Å². The first-order chi connectivity index (χ1) is 9.36. The molecule has 4 nitrogen and oxygen atoms in total. The number of non-ortho nitro benzene ring substituents is 1. The lowest BCUT2D eigenvalue weighted by Crippen LogP contribution is -2.22. The van der Waals surface area contributed by atoms with E-state index in [1.165, 1.54) is 12.1 Å². The smallest absolute Gasteiger partial charge is 0.269 e. The molecule has 0 fully saturated rings. The third-order valence-electron chi connectivity index (χ3n) is 3.89. The highest BCUT2D eigenvalue weighted by Crippen LogP contribution is 2.37. The van der Waals surface area contributed by atoms with Gasteiger partial charge >= 0.3 is 0 Å². The predicted molar refractivity (Wildman–Crippen MR) is 78.6 cm³/mol. The number of ether oxygens (including phenoxy) is 1. The van der Waals surface area contributed by atoms with Gasteiger partial charge in [0, 0.05) is 18.6 Å². The largest absolute Gasteiger partial charge is 0.462 e. The van der Waals surface area contributed by atoms with Crippen LogP contribution in [-0.2, 0) is 0 Å². The van der Waals surface area contributed by atoms with Crippen molar-refractivity contribution in [3.05, 3.63) is 46.2 Å². The second-order valence-electron chi connectivity index (χ2n) is 6.36. The molecule has 1 atom stereocenters. The van der Waals surface area contributed by atoms with Crippen molar-refractivity contribution in [2.24, 2.45) is 11.3 Å². The van der Waals surface area contributed by atoms with E-state index in [1.807, 2.05) is 0 Å². The number of nitro benzene ring substituents is 1. The first kappa shape index (κ1) is 14.6. The molecule has 1 unspecified atom stereocenters. The van der Waals surface area contributed by atoms with Crippen LogP contribution >= 0.6 is 0 Å². The van der Waals surface area contributed by atoms with Gasteiger partial charge in [0.15, 0.2) is 0 Å². The van der Waals surface area contributed by atoms with Crippen molar-refractivity contribution in [3.63, 3.8) is 0 Å². The fourth-order valence-electron chi connectivity index (χ4n) is 2.48. The van der Waals surface area contributed by atoms with E-state index in [1.54, 1.807) is 12.1 Å². The number of benzene rings is 1. The summed E-state index contributed by atoms with van der Waals surface area (Å²) in [4.78, 5) is 10.2. The van der Waals surface area contributed by atoms with Gasteiger partial charge in [0.25, 0.3) is 5.69 Å². The average molecular weight is 275 g/mol. The highest BCUT2D eigenvalue weighted by molar-refractivity contribution is 5.36. The van der Waals surface area contributed by atoms with Crippen molar-refractivity contribution in [2.45, 2.75) is 40.0 Å². The fraction of sp³-hybridized carbons (Fsp3) is 0.500. The van der Waals surface area contributed by atoms with E-state index in [0.717, 1.165) is 25.0 Å². The molecule has 2 rings (SSSR count). The van der Waals surface area contributed by atoms with E-state index >= 15 is 0 Å². The predicted octanol–water partition coefficient (Wildman–Crippen LogP) is 4.70. The zero-order valence-electron chi connectivity index (χ0n) is 12.3. The Morgan fingerprint density at radius 1 is 1.25 bits per heavy atom. The summed E-state index contributed by atoms with van der Waals surface area (Å²) >= 11 is 0. The second-order valence-corrected chi connectivity index (χ2v) is 6.36. The van der Waals surface area contributed by atoms with Gasteiger partial charge in [-0.15, -0.1) is 0 Å². The van der Waals surface area contributed by atoms with Crippen LogP contribution in [-0.4, -0.2) is 4.92 Å². The molecule has 0 spiro atoms. The zero-order chi connectivity index (χ0) is 14.8. The molecule has 108 valence electrons. The molecular weight excluding hydrogens is 254 g/mol. The number of hydrogen-bond acceptors (Lipinski definition) is 3. The maximum absolute atomic E-state index is 10.6. The molecule has 0 saturated heterocycles. The Labute approximate surface area is 119 Å². The van der Waals surface area contributed by atoms with Gasteiger partial charge in [0.1, 0.15) is 11.5 Å². The third kappa shape index (κ3) is 3.59. The SMILES string of the molecule is CC(C)(C)C1CC=C(Oc2ccc([N+](=O)[O-])cc2)CC1. The summed E-state index contributed by atoms with van der Waals surface area (Å²) in [5.74, 6) is 2.32. The number of rotatable bonds is 3. The lowest BCUT2D eigenvalue weighted by Gasteiger charge is -2.33. The van der Waals surface area contributed by atoms with Crippen LogP contribution in [0.3, 0.4) is 0 Å². The van der Waals surface area contributed by atoms with Crippen LogP contribution < -0.4 is 4.74 Å². The van der Waals surface area contributed by atoms with Crippen molar-refractivity contribution >= 4 is 5.69 Å². The molecule has 0 aliphatic heterocycles. The topological polar surface area (TPSA) is 52.4 Å². The van der Waals surface area contributed by atoms with Crippen molar-refractivity contribution < 1.29 is 9.66 Å². The van der Waals surface area contributed by atoms with Crippen molar-refractivity contribution in [3.8, 4) is 5.75 Å². The van der Waals surface area contributed by atoms with Crippen molar-refractivity contribution in [1.29, 1.82) is 0 Å². The van der Waals surface area contributed by atoms with Crippen LogP contribution in [0.1, 0.15) is 40.0 Å². The van der Waals surface area contributed by atoms with E-state index in [9.17, 15) is 10.1 Å². The van der Waals surface area contributed by atoms with Gasteiger partial charge < -0.3 is 4.74 Å². The maximum atomic E-state index is 10.6. The fourth-order valence-corrected chi connectivity index (χ4v) is 2.48. The van der Waals surface area contributed by atoms with Crippen LogP contribution in [0.2, 0.25) is 0 Å². The first-order valence-corrected chi connectivity index (χ1v) is 6.97. The number of allylic oxidation sites excluding steroid dienone is 2. The van der Waals surface area contributed by atoms with Crippen molar-refractivity contribution in [1.82, 2.24) is 0 Å². The standard InChI is InChI=1S/C16H21NO3/c1-16(2,3)12-4-8-14(9-5-12)20-15-10-6-13(7-11-15)17(18)19/h6-8,10-12H,4-5,9H2,1-3H3. The molecule has 0 aromatic heterocycles. The summed E-state index contributed by atoms with van der Waals surface area (Å²) in [5, 5.41) is 10.6. The summed E-state index contributed by atoms with van der Waals surface area (Å²) < 4.78 is 5.79. The minimum Gasteiger partial charge on any atom is -0.462 e. The van der Waals surface area contributed by atoms with E-state index in [-0.39, 0.29) is 5.69 Å². The molecule has 0 bridgehead atoms. The molecule has 1 aliphatic rings. The molecule has 0 radical (unpaired) electrons. The Morgan fingerprint density at radius 2 is 1.90 bits per heavy atom. The summed E-state index contributed by atoms with van der Waals surface area (Å²) in [6, 6.07) is 6.23. The highest BCUT2D eigenvalue weighted by Gasteiger charge is 2.26. The third-order valence-corrected chi connectivity index (χ3v) is 3.89. The Morgan fingerprint density at radius 3 is 2.35 bits per heavy atom. The van der Waals surface area contributed by atoms with Crippen LogP contribution in [0.4, 0.5) is 5.69 Å². The van der Waals surface area contributed by atoms with Crippen LogP contribution in [0.15, 0.2) is 36.1 Å². The van der Waals surface area contributed by atoms with Crippen LogP contribution in [0.5, 0.6) is 5.75 Å². The Kier molecular flexibility index (Phi) is 4.12. The molecular formula is C16H21NO3. The normalized spacial score (nSPS) is 19.4. The summed E-state index contributed by atoms with van der Waals surface area (Å²) in [7, 11) is 0. The molecule has 0 heterocycles. The van der Waals surface area contributed by atoms with Crippen LogP contribution in [0.25, 0.3) is 0 Å². The molecule has 0 saturated carbocycles. The Hall–Kier alpha value is -1.84. The molecule has 1 aromatic rings. The zero-order valence-corrected chi connectivity index (χ0v) is 12.3. The quantitative estimate of drug-likeness (QED) is 0.593. The van der Waals surface area contributed by atoms with Gasteiger partial charge in [-0.2, -0.15) is 0 Å². The van der Waals surface area contributed by atoms with Crippen molar-refractivity contribution in [2.75, 3.05) is 0 Å². The van der Waals surface area contributed by atoms with E-state index in [4.69, 9.17) is 4.74 Å². The number of nitro groups is 1. The van der Waals surface area contributed by atoms with Gasteiger partial charge in [-0.05, 0) is 42.4 Å². The molecule has 1 aromatic carbocycles. The van der Waals surface area contributed by atoms with Gasteiger partial charge in [-0.25, -0.2) is 0 Å².